The molecule has 1 N–H and O–H groups in total. The number of nitrogens with one attached hydrogen (secondary N) is 1. The second-order valence-electron chi connectivity index (χ2n) is 6.33. The summed E-state index contributed by atoms with van der Waals surface area (Å²) in [6.45, 7) is 2.14. The van der Waals surface area contributed by atoms with Gasteiger partial charge in [0.25, 0.3) is 0 Å². The van der Waals surface area contributed by atoms with Crippen molar-refractivity contribution < 1.29 is 0 Å². The van der Waals surface area contributed by atoms with Gasteiger partial charge in [-0.1, -0.05) is 60.5 Å². The van der Waals surface area contributed by atoms with Gasteiger partial charge in [-0.05, 0) is 55.8 Å². The molecule has 0 aromatic heterocycles. The molecule has 0 radical (unpaired) electrons. The lowest BCUT2D eigenvalue weighted by Gasteiger charge is -2.26. The molecule has 21 heavy (non-hydrogen) atoms. The minimum Gasteiger partial charge on any atom is -0.313 e. The molecular weight excluding hydrogens is 254 g/mol. The molecular formula is C20H25N. The zero-order valence-corrected chi connectivity index (χ0v) is 13.1. The fourth-order valence-corrected chi connectivity index (χ4v) is 3.09. The van der Waals surface area contributed by atoms with Crippen molar-refractivity contribution in [3.63, 3.8) is 0 Å². The molecule has 0 saturated heterocycles. The van der Waals surface area contributed by atoms with Crippen molar-refractivity contribution in [1.82, 2.24) is 5.32 Å². The van der Waals surface area contributed by atoms with Crippen molar-refractivity contribution in [2.45, 2.75) is 44.6 Å². The van der Waals surface area contributed by atoms with Crippen LogP contribution in [0.3, 0.4) is 0 Å². The van der Waals surface area contributed by atoms with Gasteiger partial charge in [-0.2, -0.15) is 0 Å². The van der Waals surface area contributed by atoms with Crippen molar-refractivity contribution in [1.29, 1.82) is 0 Å². The molecule has 1 heteroatoms. The van der Waals surface area contributed by atoms with Crippen LogP contribution < -0.4 is 5.32 Å². The summed E-state index contributed by atoms with van der Waals surface area (Å²) in [4.78, 5) is 0. The topological polar surface area (TPSA) is 12.0 Å². The number of aryl methyl sites for hydroxylation is 1. The third-order valence-corrected chi connectivity index (χ3v) is 4.82. The Balaban J connectivity index is 1.71. The van der Waals surface area contributed by atoms with Crippen LogP contribution in [0.4, 0.5) is 0 Å². The molecule has 1 unspecified atom stereocenters. The van der Waals surface area contributed by atoms with E-state index in [9.17, 15) is 0 Å². The van der Waals surface area contributed by atoms with Gasteiger partial charge in [0, 0.05) is 6.04 Å². The molecule has 2 aromatic rings. The summed E-state index contributed by atoms with van der Waals surface area (Å²) in [5, 5.41) is 3.46. The van der Waals surface area contributed by atoms with Gasteiger partial charge in [0.05, 0.1) is 0 Å². The number of hydrogen-bond acceptors (Lipinski definition) is 1. The number of likely N-dealkylation sites (N-methyl/N-ethyl adjacent to an activating group) is 1. The molecule has 1 atom stereocenters. The molecule has 0 amide bonds. The molecule has 3 rings (SSSR count). The molecule has 1 aliphatic carbocycles. The number of benzene rings is 2. The van der Waals surface area contributed by atoms with Crippen LogP contribution in [0, 0.1) is 6.92 Å². The molecule has 0 heterocycles. The van der Waals surface area contributed by atoms with Crippen LogP contribution in [-0.2, 0) is 6.42 Å². The van der Waals surface area contributed by atoms with E-state index in [-0.39, 0.29) is 0 Å². The maximum absolute atomic E-state index is 3.46. The van der Waals surface area contributed by atoms with Gasteiger partial charge in [0.15, 0.2) is 0 Å². The lowest BCUT2D eigenvalue weighted by molar-refractivity contribution is 0.419. The standard InChI is InChI=1S/C20H25N/c1-15-6-8-16(9-7-15)14-20(21-2)19-12-10-18(11-13-19)17-4-3-5-17/h6-13,17,20-21H,3-5,14H2,1-2H3. The maximum Gasteiger partial charge on any atom is 0.0358 e. The highest BCUT2D eigenvalue weighted by Gasteiger charge is 2.19. The molecule has 1 saturated carbocycles. The van der Waals surface area contributed by atoms with Gasteiger partial charge < -0.3 is 5.32 Å². The smallest absolute Gasteiger partial charge is 0.0358 e. The fourth-order valence-electron chi connectivity index (χ4n) is 3.09. The van der Waals surface area contributed by atoms with Gasteiger partial charge in [0.2, 0.25) is 0 Å². The van der Waals surface area contributed by atoms with E-state index in [1.807, 2.05) is 0 Å². The van der Waals surface area contributed by atoms with E-state index in [1.54, 1.807) is 0 Å². The molecule has 1 fully saturated rings. The Labute approximate surface area is 128 Å². The SMILES string of the molecule is CNC(Cc1ccc(C)cc1)c1ccc(C2CCC2)cc1. The largest absolute Gasteiger partial charge is 0.313 e. The highest BCUT2D eigenvalue weighted by Crippen LogP contribution is 2.36. The van der Waals surface area contributed by atoms with Crippen molar-refractivity contribution in [3.05, 3.63) is 70.8 Å². The minimum absolute atomic E-state index is 0.392. The quantitative estimate of drug-likeness (QED) is 0.831. The van der Waals surface area contributed by atoms with Crippen LogP contribution in [0.25, 0.3) is 0 Å². The Kier molecular flexibility index (Phi) is 4.40. The van der Waals surface area contributed by atoms with Crippen LogP contribution in [0.5, 0.6) is 0 Å². The van der Waals surface area contributed by atoms with Crippen molar-refractivity contribution in [2.75, 3.05) is 7.05 Å². The van der Waals surface area contributed by atoms with Crippen LogP contribution in [0.2, 0.25) is 0 Å². The number of hydrogen-bond donors (Lipinski definition) is 1. The summed E-state index contributed by atoms with van der Waals surface area (Å²) in [5.74, 6) is 0.823. The lowest BCUT2D eigenvalue weighted by atomic mass is 9.79. The molecule has 0 bridgehead atoms. The van der Waals surface area contributed by atoms with E-state index in [0.29, 0.717) is 6.04 Å². The van der Waals surface area contributed by atoms with E-state index in [2.05, 4.69) is 67.8 Å². The second-order valence-corrected chi connectivity index (χ2v) is 6.33. The predicted molar refractivity (Wildman–Crippen MR) is 89.7 cm³/mol. The predicted octanol–water partition coefficient (Wildman–Crippen LogP) is 4.77. The normalized spacial score (nSPS) is 16.5. The Hall–Kier alpha value is -1.60. The second kappa shape index (κ2) is 6.44. The Morgan fingerprint density at radius 3 is 2.19 bits per heavy atom. The first-order valence-electron chi connectivity index (χ1n) is 8.09. The van der Waals surface area contributed by atoms with Crippen molar-refractivity contribution in [2.24, 2.45) is 0 Å². The first kappa shape index (κ1) is 14.3. The average molecular weight is 279 g/mol. The summed E-state index contributed by atoms with van der Waals surface area (Å²) >= 11 is 0. The molecule has 2 aromatic carbocycles. The van der Waals surface area contributed by atoms with Gasteiger partial charge in [-0.15, -0.1) is 0 Å². The van der Waals surface area contributed by atoms with Crippen molar-refractivity contribution in [3.8, 4) is 0 Å². The molecule has 110 valence electrons. The zero-order valence-electron chi connectivity index (χ0n) is 13.1. The summed E-state index contributed by atoms with van der Waals surface area (Å²) in [6.07, 6.45) is 5.19. The fraction of sp³-hybridized carbons (Fsp3) is 0.400. The van der Waals surface area contributed by atoms with Gasteiger partial charge >= 0.3 is 0 Å². The van der Waals surface area contributed by atoms with E-state index in [1.165, 1.54) is 41.5 Å². The highest BCUT2D eigenvalue weighted by atomic mass is 14.9. The van der Waals surface area contributed by atoms with Crippen LogP contribution in [0.1, 0.15) is 53.5 Å². The average Bonchev–Trinajstić information content (AvgIpc) is 2.46. The summed E-state index contributed by atoms with van der Waals surface area (Å²) < 4.78 is 0. The molecule has 1 aliphatic rings. The lowest BCUT2D eigenvalue weighted by Crippen LogP contribution is -2.19. The van der Waals surface area contributed by atoms with Gasteiger partial charge in [0.1, 0.15) is 0 Å². The molecule has 0 aliphatic heterocycles. The first-order chi connectivity index (χ1) is 10.3. The summed E-state index contributed by atoms with van der Waals surface area (Å²) in [7, 11) is 2.05. The molecule has 1 nitrogen and oxygen atoms in total. The highest BCUT2D eigenvalue weighted by molar-refractivity contribution is 5.30. The van der Waals surface area contributed by atoms with Crippen molar-refractivity contribution >= 4 is 0 Å². The number of rotatable bonds is 5. The maximum atomic E-state index is 3.46. The van der Waals surface area contributed by atoms with E-state index < -0.39 is 0 Å². The third kappa shape index (κ3) is 3.36. The van der Waals surface area contributed by atoms with Crippen LogP contribution in [0.15, 0.2) is 48.5 Å². The van der Waals surface area contributed by atoms with Gasteiger partial charge in [-0.3, -0.25) is 0 Å². The molecule has 0 spiro atoms. The Morgan fingerprint density at radius 2 is 1.67 bits per heavy atom. The first-order valence-corrected chi connectivity index (χ1v) is 8.09. The monoisotopic (exact) mass is 279 g/mol. The minimum atomic E-state index is 0.392. The summed E-state index contributed by atoms with van der Waals surface area (Å²) in [5.41, 5.74) is 5.63. The van der Waals surface area contributed by atoms with E-state index >= 15 is 0 Å². The van der Waals surface area contributed by atoms with Crippen LogP contribution >= 0.6 is 0 Å². The summed E-state index contributed by atoms with van der Waals surface area (Å²) in [6, 6.07) is 18.5. The van der Waals surface area contributed by atoms with Gasteiger partial charge in [-0.25, -0.2) is 0 Å². The third-order valence-electron chi connectivity index (χ3n) is 4.82. The van der Waals surface area contributed by atoms with Crippen LogP contribution in [-0.4, -0.2) is 7.05 Å². The Morgan fingerprint density at radius 1 is 1.00 bits per heavy atom. The Bertz CT molecular complexity index is 564. The van der Waals surface area contributed by atoms with E-state index in [4.69, 9.17) is 0 Å². The zero-order chi connectivity index (χ0) is 14.7. The van der Waals surface area contributed by atoms with E-state index in [0.717, 1.165) is 12.3 Å².